The van der Waals surface area contributed by atoms with Crippen molar-refractivity contribution in [3.63, 3.8) is 0 Å². The molecule has 0 radical (unpaired) electrons. The summed E-state index contributed by atoms with van der Waals surface area (Å²) >= 11 is 0. The van der Waals surface area contributed by atoms with Gasteiger partial charge in [0.1, 0.15) is 0 Å². The molecule has 168 valence electrons. The Kier molecular flexibility index (Phi) is 4.44. The summed E-state index contributed by atoms with van der Waals surface area (Å²) < 4.78 is 13.3. The fourth-order valence-electron chi connectivity index (χ4n) is 9.66. The predicted molar refractivity (Wildman–Crippen MR) is 118 cm³/mol. The van der Waals surface area contributed by atoms with Gasteiger partial charge in [-0.3, -0.25) is 0 Å². The topological polar surface area (TPSA) is 38.7 Å². The average molecular weight is 415 g/mol. The van der Waals surface area contributed by atoms with Gasteiger partial charge in [-0.05, 0) is 91.8 Å². The Labute approximate surface area is 183 Å². The highest BCUT2D eigenvalue weighted by molar-refractivity contribution is 5.26. The van der Waals surface area contributed by atoms with Gasteiger partial charge >= 0.3 is 0 Å². The minimum atomic E-state index is -0.294. The molecule has 3 saturated carbocycles. The first-order chi connectivity index (χ1) is 14.3. The molecule has 3 nitrogen and oxygen atoms in total. The van der Waals surface area contributed by atoms with E-state index < -0.39 is 0 Å². The first-order valence-corrected chi connectivity index (χ1v) is 13.0. The van der Waals surface area contributed by atoms with Crippen molar-refractivity contribution in [2.75, 3.05) is 6.61 Å². The van der Waals surface area contributed by atoms with E-state index >= 15 is 0 Å². The zero-order valence-corrected chi connectivity index (χ0v) is 19.5. The Morgan fingerprint density at radius 3 is 2.63 bits per heavy atom. The van der Waals surface area contributed by atoms with Crippen LogP contribution in [0.5, 0.6) is 0 Å². The molecule has 4 aliphatic carbocycles. The smallest absolute Gasteiger partial charge is 0.171 e. The molecule has 0 amide bonds. The molecule has 6 aliphatic rings. The van der Waals surface area contributed by atoms with Crippen LogP contribution in [0.3, 0.4) is 0 Å². The second-order valence-electron chi connectivity index (χ2n) is 12.7. The standard InChI is InChI=1S/C27H42O3/c1-16-7-12-27(29-15-16)17(2)24-23(30-27)14-22-20-6-5-18-13-19(28)8-10-25(18,3)21(20)9-11-26(22,24)4/h5,16-17,19-24,28H,6-15H2,1-4H3/t16-,17+,19+,20-,21+,22+,23-,24-,25+,26+,27-/m1/s1. The van der Waals surface area contributed by atoms with Crippen LogP contribution in [0.4, 0.5) is 0 Å². The first-order valence-electron chi connectivity index (χ1n) is 13.0. The maximum Gasteiger partial charge on any atom is 0.171 e. The Bertz CT molecular complexity index is 736. The molecule has 1 N–H and O–H groups in total. The number of allylic oxidation sites excluding steroid dienone is 1. The third-order valence-corrected chi connectivity index (χ3v) is 11.3. The van der Waals surface area contributed by atoms with E-state index in [0.29, 0.717) is 34.7 Å². The van der Waals surface area contributed by atoms with E-state index in [9.17, 15) is 5.11 Å². The monoisotopic (exact) mass is 414 g/mol. The quantitative estimate of drug-likeness (QED) is 0.516. The molecule has 1 spiro atoms. The van der Waals surface area contributed by atoms with Crippen molar-refractivity contribution in [1.82, 2.24) is 0 Å². The van der Waals surface area contributed by atoms with Crippen molar-refractivity contribution < 1.29 is 14.6 Å². The van der Waals surface area contributed by atoms with Crippen LogP contribution in [0.2, 0.25) is 0 Å². The van der Waals surface area contributed by atoms with E-state index in [2.05, 4.69) is 33.8 Å². The molecule has 0 aromatic carbocycles. The Morgan fingerprint density at radius 1 is 1.03 bits per heavy atom. The zero-order valence-electron chi connectivity index (χ0n) is 19.5. The fourth-order valence-corrected chi connectivity index (χ4v) is 9.66. The maximum atomic E-state index is 10.3. The van der Waals surface area contributed by atoms with Crippen molar-refractivity contribution in [3.8, 4) is 0 Å². The van der Waals surface area contributed by atoms with Crippen LogP contribution < -0.4 is 0 Å². The SMILES string of the molecule is C[C@@H]1CC[C@@]2(OC1)O[C@@H]1C[C@H]3[C@@H]4CC=C5C[C@@H](O)CC[C@]5(C)[C@H]4CC[C@]3(C)[C@@H]1[C@@H]2C. The number of aliphatic hydroxyl groups is 1. The molecule has 6 rings (SSSR count). The average Bonchev–Trinajstić information content (AvgIpc) is 3.16. The number of rotatable bonds is 0. The minimum absolute atomic E-state index is 0.107. The van der Waals surface area contributed by atoms with E-state index in [1.165, 1.54) is 38.5 Å². The van der Waals surface area contributed by atoms with Gasteiger partial charge in [0.2, 0.25) is 0 Å². The van der Waals surface area contributed by atoms with E-state index in [1.807, 2.05) is 0 Å². The lowest BCUT2D eigenvalue weighted by Crippen LogP contribution is -2.52. The van der Waals surface area contributed by atoms with Crippen LogP contribution in [0, 0.1) is 46.3 Å². The molecular weight excluding hydrogens is 372 g/mol. The molecule has 30 heavy (non-hydrogen) atoms. The van der Waals surface area contributed by atoms with E-state index in [-0.39, 0.29) is 11.9 Å². The predicted octanol–water partition coefficient (Wildman–Crippen LogP) is 5.71. The number of fused-ring (bicyclic) bond motifs is 7. The highest BCUT2D eigenvalue weighted by atomic mass is 16.7. The summed E-state index contributed by atoms with van der Waals surface area (Å²) in [5.74, 6) is 3.94. The van der Waals surface area contributed by atoms with Gasteiger partial charge in [-0.1, -0.05) is 39.3 Å². The largest absolute Gasteiger partial charge is 0.393 e. The van der Waals surface area contributed by atoms with E-state index in [1.54, 1.807) is 5.57 Å². The molecule has 11 atom stereocenters. The fraction of sp³-hybridized carbons (Fsp3) is 0.926. The summed E-state index contributed by atoms with van der Waals surface area (Å²) in [5, 5.41) is 10.3. The van der Waals surface area contributed by atoms with Crippen molar-refractivity contribution in [1.29, 1.82) is 0 Å². The molecule has 2 saturated heterocycles. The third kappa shape index (κ3) is 2.55. The van der Waals surface area contributed by atoms with Gasteiger partial charge in [-0.15, -0.1) is 0 Å². The summed E-state index contributed by atoms with van der Waals surface area (Å²) in [5.41, 5.74) is 2.31. The molecule has 2 heterocycles. The summed E-state index contributed by atoms with van der Waals surface area (Å²) in [6.45, 7) is 10.8. The highest BCUT2D eigenvalue weighted by Gasteiger charge is 2.68. The molecule has 0 aromatic rings. The van der Waals surface area contributed by atoms with Crippen LogP contribution in [0.25, 0.3) is 0 Å². The summed E-state index contributed by atoms with van der Waals surface area (Å²) in [6.07, 6.45) is 13.5. The summed E-state index contributed by atoms with van der Waals surface area (Å²) in [4.78, 5) is 0. The van der Waals surface area contributed by atoms with E-state index in [0.717, 1.165) is 43.6 Å². The van der Waals surface area contributed by atoms with Crippen molar-refractivity contribution in [3.05, 3.63) is 11.6 Å². The molecule has 2 aliphatic heterocycles. The van der Waals surface area contributed by atoms with Crippen LogP contribution >= 0.6 is 0 Å². The molecule has 3 heteroatoms. The highest BCUT2D eigenvalue weighted by Crippen LogP contribution is 2.70. The van der Waals surface area contributed by atoms with Crippen LogP contribution in [0.1, 0.15) is 85.5 Å². The Balaban J connectivity index is 1.28. The van der Waals surface area contributed by atoms with Gasteiger partial charge < -0.3 is 14.6 Å². The van der Waals surface area contributed by atoms with Crippen LogP contribution in [0.15, 0.2) is 11.6 Å². The molecule has 0 aromatic heterocycles. The van der Waals surface area contributed by atoms with Gasteiger partial charge in [-0.2, -0.15) is 0 Å². The van der Waals surface area contributed by atoms with Gasteiger partial charge in [0, 0.05) is 12.3 Å². The first kappa shape index (κ1) is 20.2. The molecular formula is C27H42O3. The normalized spacial score (nSPS) is 59.8. The zero-order chi connectivity index (χ0) is 20.9. The van der Waals surface area contributed by atoms with E-state index in [4.69, 9.17) is 9.47 Å². The maximum absolute atomic E-state index is 10.3. The molecule has 0 bridgehead atoms. The van der Waals surface area contributed by atoms with Gasteiger partial charge in [0.15, 0.2) is 5.79 Å². The third-order valence-electron chi connectivity index (χ3n) is 11.3. The lowest BCUT2D eigenvalue weighted by Gasteiger charge is -2.58. The Hall–Kier alpha value is -0.380. The minimum Gasteiger partial charge on any atom is -0.393 e. The van der Waals surface area contributed by atoms with Crippen molar-refractivity contribution >= 4 is 0 Å². The van der Waals surface area contributed by atoms with Crippen LogP contribution in [-0.4, -0.2) is 29.7 Å². The number of hydrogen-bond donors (Lipinski definition) is 1. The summed E-state index contributed by atoms with van der Waals surface area (Å²) in [7, 11) is 0. The number of aliphatic hydroxyl groups excluding tert-OH is 1. The molecule has 0 unspecified atom stereocenters. The van der Waals surface area contributed by atoms with Crippen molar-refractivity contribution in [2.24, 2.45) is 46.3 Å². The van der Waals surface area contributed by atoms with Gasteiger partial charge in [0.25, 0.3) is 0 Å². The molecule has 5 fully saturated rings. The summed E-state index contributed by atoms with van der Waals surface area (Å²) in [6, 6.07) is 0. The number of ether oxygens (including phenoxy) is 2. The lowest BCUT2D eigenvalue weighted by molar-refractivity contribution is -0.272. The number of hydrogen-bond acceptors (Lipinski definition) is 3. The van der Waals surface area contributed by atoms with Crippen molar-refractivity contribution in [2.45, 2.75) is 103 Å². The second-order valence-corrected chi connectivity index (χ2v) is 12.7. The second kappa shape index (κ2) is 6.58. The van der Waals surface area contributed by atoms with Gasteiger partial charge in [-0.25, -0.2) is 0 Å². The van der Waals surface area contributed by atoms with Gasteiger partial charge in [0.05, 0.1) is 18.8 Å². The lowest BCUT2D eigenvalue weighted by atomic mass is 9.47. The van der Waals surface area contributed by atoms with Crippen LogP contribution in [-0.2, 0) is 9.47 Å². The Morgan fingerprint density at radius 2 is 1.87 bits per heavy atom.